The molecular formula is C10H11N3O3S3. The van der Waals surface area contributed by atoms with E-state index in [1.807, 2.05) is 0 Å². The minimum atomic E-state index is -0.502. The van der Waals surface area contributed by atoms with E-state index in [9.17, 15) is 4.79 Å². The summed E-state index contributed by atoms with van der Waals surface area (Å²) in [5, 5.41) is 11.8. The van der Waals surface area contributed by atoms with Gasteiger partial charge >= 0.3 is 5.97 Å². The fourth-order valence-electron chi connectivity index (χ4n) is 1.15. The molecule has 2 aromatic rings. The fraction of sp³-hybridized carbons (Fsp3) is 0.400. The summed E-state index contributed by atoms with van der Waals surface area (Å²) in [5.74, 6) is 1.63. The SMILES string of the molecule is CCSc1nnc(SCc2cc(C(=O)OC)no2)s1. The Kier molecular flexibility index (Phi) is 5.23. The predicted octanol–water partition coefficient (Wildman–Crippen LogP) is 2.72. The van der Waals surface area contributed by atoms with Crippen molar-refractivity contribution in [1.82, 2.24) is 15.4 Å². The zero-order valence-corrected chi connectivity index (χ0v) is 12.7. The van der Waals surface area contributed by atoms with Gasteiger partial charge in [0.15, 0.2) is 14.4 Å². The molecule has 2 aromatic heterocycles. The second kappa shape index (κ2) is 6.92. The number of nitrogens with zero attached hydrogens (tertiary/aromatic N) is 3. The molecule has 19 heavy (non-hydrogen) atoms. The lowest BCUT2D eigenvalue weighted by Gasteiger charge is -1.90. The molecule has 0 unspecified atom stereocenters. The highest BCUT2D eigenvalue weighted by atomic mass is 32.2. The van der Waals surface area contributed by atoms with E-state index in [1.165, 1.54) is 18.9 Å². The zero-order valence-electron chi connectivity index (χ0n) is 10.3. The summed E-state index contributed by atoms with van der Waals surface area (Å²) >= 11 is 4.71. The van der Waals surface area contributed by atoms with Gasteiger partial charge < -0.3 is 9.26 Å². The summed E-state index contributed by atoms with van der Waals surface area (Å²) in [4.78, 5) is 11.2. The highest BCUT2D eigenvalue weighted by Crippen LogP contribution is 2.30. The van der Waals surface area contributed by atoms with Crippen LogP contribution in [0.1, 0.15) is 23.2 Å². The van der Waals surface area contributed by atoms with Crippen LogP contribution in [0.3, 0.4) is 0 Å². The maximum atomic E-state index is 11.2. The third kappa shape index (κ3) is 3.95. The van der Waals surface area contributed by atoms with Gasteiger partial charge in [0.1, 0.15) is 5.76 Å². The molecule has 0 saturated carbocycles. The van der Waals surface area contributed by atoms with Gasteiger partial charge in [-0.25, -0.2) is 4.79 Å². The van der Waals surface area contributed by atoms with Crippen LogP contribution in [0.25, 0.3) is 0 Å². The molecular weight excluding hydrogens is 306 g/mol. The van der Waals surface area contributed by atoms with Crippen molar-refractivity contribution in [3.05, 3.63) is 17.5 Å². The maximum Gasteiger partial charge on any atom is 0.360 e. The van der Waals surface area contributed by atoms with Crippen molar-refractivity contribution in [3.63, 3.8) is 0 Å². The summed E-state index contributed by atoms with van der Waals surface area (Å²) in [5.41, 5.74) is 0.178. The number of hydrogen-bond acceptors (Lipinski definition) is 9. The van der Waals surface area contributed by atoms with E-state index in [-0.39, 0.29) is 5.69 Å². The second-order valence-corrected chi connectivity index (χ2v) is 6.94. The highest BCUT2D eigenvalue weighted by Gasteiger charge is 2.13. The van der Waals surface area contributed by atoms with E-state index in [1.54, 1.807) is 29.2 Å². The van der Waals surface area contributed by atoms with Crippen molar-refractivity contribution < 1.29 is 14.1 Å². The standard InChI is InChI=1S/C10H11N3O3S3/c1-3-17-9-11-12-10(19-9)18-5-6-4-7(13-16-6)8(14)15-2/h4H,3,5H2,1-2H3. The van der Waals surface area contributed by atoms with Crippen LogP contribution in [0.2, 0.25) is 0 Å². The fourth-order valence-corrected chi connectivity index (χ4v) is 3.94. The molecule has 0 saturated heterocycles. The van der Waals surface area contributed by atoms with E-state index in [4.69, 9.17) is 4.52 Å². The monoisotopic (exact) mass is 317 g/mol. The molecule has 0 N–H and O–H groups in total. The van der Waals surface area contributed by atoms with Crippen molar-refractivity contribution in [2.75, 3.05) is 12.9 Å². The molecule has 6 nitrogen and oxygen atoms in total. The zero-order chi connectivity index (χ0) is 13.7. The number of esters is 1. The largest absolute Gasteiger partial charge is 0.464 e. The Bertz CT molecular complexity index is 555. The van der Waals surface area contributed by atoms with Crippen LogP contribution in [-0.4, -0.2) is 34.2 Å². The smallest absolute Gasteiger partial charge is 0.360 e. The van der Waals surface area contributed by atoms with Crippen LogP contribution in [0.4, 0.5) is 0 Å². The van der Waals surface area contributed by atoms with Gasteiger partial charge in [0.2, 0.25) is 0 Å². The lowest BCUT2D eigenvalue weighted by atomic mass is 10.4. The van der Waals surface area contributed by atoms with E-state index in [0.717, 1.165) is 14.4 Å². The molecule has 0 aliphatic carbocycles. The molecule has 0 atom stereocenters. The molecule has 0 aromatic carbocycles. The lowest BCUT2D eigenvalue weighted by Crippen LogP contribution is -2.00. The van der Waals surface area contributed by atoms with Crippen LogP contribution in [0.15, 0.2) is 19.3 Å². The van der Waals surface area contributed by atoms with Crippen molar-refractivity contribution in [3.8, 4) is 0 Å². The van der Waals surface area contributed by atoms with Crippen LogP contribution in [0.5, 0.6) is 0 Å². The number of hydrogen-bond donors (Lipinski definition) is 0. The topological polar surface area (TPSA) is 78.1 Å². The molecule has 102 valence electrons. The van der Waals surface area contributed by atoms with Crippen molar-refractivity contribution in [1.29, 1.82) is 0 Å². The second-order valence-electron chi connectivity index (χ2n) is 3.23. The average molecular weight is 317 g/mol. The first kappa shape index (κ1) is 14.4. The normalized spacial score (nSPS) is 10.6. The summed E-state index contributed by atoms with van der Waals surface area (Å²) in [7, 11) is 1.31. The molecule has 2 heterocycles. The van der Waals surface area contributed by atoms with Crippen LogP contribution in [0, 0.1) is 0 Å². The molecule has 0 spiro atoms. The first-order valence-electron chi connectivity index (χ1n) is 5.36. The number of methoxy groups -OCH3 is 1. The Hall–Kier alpha value is -1.06. The number of rotatable bonds is 6. The van der Waals surface area contributed by atoms with Crippen molar-refractivity contribution in [2.24, 2.45) is 0 Å². The van der Waals surface area contributed by atoms with E-state index in [0.29, 0.717) is 11.5 Å². The van der Waals surface area contributed by atoms with Gasteiger partial charge in [-0.05, 0) is 5.75 Å². The molecule has 0 aliphatic heterocycles. The Morgan fingerprint density at radius 2 is 2.16 bits per heavy atom. The Labute approximate surface area is 122 Å². The minimum Gasteiger partial charge on any atom is -0.464 e. The van der Waals surface area contributed by atoms with Gasteiger partial charge in [0.05, 0.1) is 12.9 Å². The predicted molar refractivity (Wildman–Crippen MR) is 73.7 cm³/mol. The van der Waals surface area contributed by atoms with Crippen LogP contribution < -0.4 is 0 Å². The third-order valence-electron chi connectivity index (χ3n) is 1.95. The van der Waals surface area contributed by atoms with Gasteiger partial charge in [-0.2, -0.15) is 0 Å². The quantitative estimate of drug-likeness (QED) is 0.594. The molecule has 0 amide bonds. The lowest BCUT2D eigenvalue weighted by molar-refractivity contribution is 0.0589. The highest BCUT2D eigenvalue weighted by molar-refractivity contribution is 8.02. The minimum absolute atomic E-state index is 0.178. The van der Waals surface area contributed by atoms with Gasteiger partial charge in [0.25, 0.3) is 0 Å². The molecule has 0 bridgehead atoms. The van der Waals surface area contributed by atoms with Crippen molar-refractivity contribution >= 4 is 40.8 Å². The van der Waals surface area contributed by atoms with Gasteiger partial charge in [-0.15, -0.1) is 10.2 Å². The van der Waals surface area contributed by atoms with Gasteiger partial charge in [0, 0.05) is 6.07 Å². The van der Waals surface area contributed by atoms with Crippen LogP contribution in [-0.2, 0) is 10.5 Å². The first-order chi connectivity index (χ1) is 9.22. The van der Waals surface area contributed by atoms with Gasteiger partial charge in [-0.3, -0.25) is 0 Å². The molecule has 0 aliphatic rings. The first-order valence-corrected chi connectivity index (χ1v) is 8.14. The summed E-state index contributed by atoms with van der Waals surface area (Å²) in [6.45, 7) is 2.07. The average Bonchev–Trinajstić information content (AvgIpc) is 3.05. The molecule has 0 fully saturated rings. The third-order valence-corrected chi connectivity index (χ3v) is 5.04. The Morgan fingerprint density at radius 3 is 2.84 bits per heavy atom. The van der Waals surface area contributed by atoms with E-state index in [2.05, 4.69) is 27.0 Å². The summed E-state index contributed by atoms with van der Waals surface area (Å²) in [6.07, 6.45) is 0. The number of carbonyl (C=O) groups is 1. The maximum absolute atomic E-state index is 11.2. The molecule has 2 rings (SSSR count). The van der Waals surface area contributed by atoms with Crippen molar-refractivity contribution in [2.45, 2.75) is 21.4 Å². The van der Waals surface area contributed by atoms with Gasteiger partial charge in [-0.1, -0.05) is 46.9 Å². The number of aromatic nitrogens is 3. The van der Waals surface area contributed by atoms with E-state index < -0.39 is 5.97 Å². The van der Waals surface area contributed by atoms with Crippen LogP contribution >= 0.6 is 34.9 Å². The Morgan fingerprint density at radius 1 is 1.42 bits per heavy atom. The summed E-state index contributed by atoms with van der Waals surface area (Å²) in [6, 6.07) is 1.57. The molecule has 9 heteroatoms. The summed E-state index contributed by atoms with van der Waals surface area (Å²) < 4.78 is 11.4. The number of thioether (sulfide) groups is 2. The molecule has 0 radical (unpaired) electrons. The number of carbonyl (C=O) groups excluding carboxylic acids is 1. The number of ether oxygens (including phenoxy) is 1. The Balaban J connectivity index is 1.90. The van der Waals surface area contributed by atoms with E-state index >= 15 is 0 Å².